The van der Waals surface area contributed by atoms with Crippen LogP contribution >= 0.6 is 15.9 Å². The Morgan fingerprint density at radius 1 is 1.53 bits per heavy atom. The lowest BCUT2D eigenvalue weighted by Gasteiger charge is -2.23. The molecule has 1 saturated carbocycles. The summed E-state index contributed by atoms with van der Waals surface area (Å²) in [6.45, 7) is 6.45. The van der Waals surface area contributed by atoms with E-state index in [1.54, 1.807) is 0 Å². The zero-order chi connectivity index (χ0) is 10.8. The number of aryl methyl sites for hydroxylation is 1. The molecule has 0 unspecified atom stereocenters. The fraction of sp³-hybridized carbons (Fsp3) is 0.583. The van der Waals surface area contributed by atoms with Gasteiger partial charge in [0.1, 0.15) is 5.82 Å². The van der Waals surface area contributed by atoms with Crippen LogP contribution in [0.1, 0.15) is 25.3 Å². The smallest absolute Gasteiger partial charge is 0.142 e. The fourth-order valence-corrected chi connectivity index (χ4v) is 2.45. The molecule has 0 bridgehead atoms. The van der Waals surface area contributed by atoms with Gasteiger partial charge >= 0.3 is 0 Å². The van der Waals surface area contributed by atoms with Crippen LogP contribution in [-0.2, 0) is 0 Å². The molecule has 0 saturated heterocycles. The maximum absolute atomic E-state index is 4.51. The quantitative estimate of drug-likeness (QED) is 0.833. The predicted molar refractivity (Wildman–Crippen MR) is 67.3 cm³/mol. The third-order valence-corrected chi connectivity index (χ3v) is 3.40. The molecule has 0 radical (unpaired) electrons. The lowest BCUT2D eigenvalue weighted by atomic mass is 10.3. The van der Waals surface area contributed by atoms with Crippen molar-refractivity contribution in [3.63, 3.8) is 0 Å². The first-order valence-corrected chi connectivity index (χ1v) is 6.37. The van der Waals surface area contributed by atoms with Crippen molar-refractivity contribution in [2.45, 2.75) is 26.7 Å². The maximum Gasteiger partial charge on any atom is 0.142 e. The molecule has 2 rings (SSSR count). The van der Waals surface area contributed by atoms with Gasteiger partial charge in [-0.05, 0) is 60.2 Å². The van der Waals surface area contributed by atoms with Crippen LogP contribution in [0, 0.1) is 12.8 Å². The molecule has 15 heavy (non-hydrogen) atoms. The summed E-state index contributed by atoms with van der Waals surface area (Å²) < 4.78 is 1.12. The first-order valence-electron chi connectivity index (χ1n) is 5.57. The van der Waals surface area contributed by atoms with Gasteiger partial charge in [0.05, 0.1) is 4.47 Å². The highest BCUT2D eigenvalue weighted by molar-refractivity contribution is 9.10. The van der Waals surface area contributed by atoms with Crippen LogP contribution in [0.15, 0.2) is 16.7 Å². The van der Waals surface area contributed by atoms with Crippen molar-refractivity contribution in [2.24, 2.45) is 5.92 Å². The van der Waals surface area contributed by atoms with Crippen molar-refractivity contribution >= 4 is 21.7 Å². The molecular weight excluding hydrogens is 252 g/mol. The minimum absolute atomic E-state index is 0.903. The van der Waals surface area contributed by atoms with Gasteiger partial charge in [0.25, 0.3) is 0 Å². The summed E-state index contributed by atoms with van der Waals surface area (Å²) in [5.74, 6) is 2.00. The van der Waals surface area contributed by atoms with Gasteiger partial charge in [0.15, 0.2) is 0 Å². The predicted octanol–water partition coefficient (Wildman–Crippen LogP) is 3.39. The van der Waals surface area contributed by atoms with Crippen LogP contribution < -0.4 is 4.90 Å². The van der Waals surface area contributed by atoms with E-state index in [0.717, 1.165) is 29.3 Å². The minimum atomic E-state index is 0.903. The number of aromatic nitrogens is 1. The Hall–Kier alpha value is -0.570. The van der Waals surface area contributed by atoms with Gasteiger partial charge in [-0.1, -0.05) is 0 Å². The molecule has 1 heterocycles. The molecule has 1 aliphatic rings. The van der Waals surface area contributed by atoms with E-state index in [1.165, 1.54) is 18.4 Å². The van der Waals surface area contributed by atoms with Gasteiger partial charge in [-0.15, -0.1) is 0 Å². The normalized spacial score (nSPS) is 15.4. The number of rotatable bonds is 4. The Bertz CT molecular complexity index is 347. The molecule has 1 fully saturated rings. The molecule has 1 aromatic rings. The van der Waals surface area contributed by atoms with E-state index in [2.05, 4.69) is 45.7 Å². The molecule has 2 nitrogen and oxygen atoms in total. The van der Waals surface area contributed by atoms with E-state index in [9.17, 15) is 0 Å². The minimum Gasteiger partial charge on any atom is -0.356 e. The molecule has 0 spiro atoms. The second-order valence-electron chi connectivity index (χ2n) is 4.30. The highest BCUT2D eigenvalue weighted by Gasteiger charge is 2.24. The highest BCUT2D eigenvalue weighted by atomic mass is 79.9. The first kappa shape index (κ1) is 10.9. The molecule has 0 atom stereocenters. The van der Waals surface area contributed by atoms with Crippen LogP contribution in [0.4, 0.5) is 5.82 Å². The van der Waals surface area contributed by atoms with Crippen molar-refractivity contribution in [3.05, 3.63) is 22.3 Å². The summed E-state index contributed by atoms with van der Waals surface area (Å²) in [7, 11) is 0. The summed E-state index contributed by atoms with van der Waals surface area (Å²) >= 11 is 3.59. The van der Waals surface area contributed by atoms with Gasteiger partial charge in [-0.2, -0.15) is 0 Å². The standard InChI is InChI=1S/C12H17BrN2/c1-3-15(8-10-4-5-10)12-11(13)6-9(2)7-14-12/h6-7,10H,3-5,8H2,1-2H3. The number of halogens is 1. The molecule has 0 aliphatic heterocycles. The second kappa shape index (κ2) is 4.52. The van der Waals surface area contributed by atoms with Gasteiger partial charge in [-0.3, -0.25) is 0 Å². The highest BCUT2D eigenvalue weighted by Crippen LogP contribution is 2.32. The van der Waals surface area contributed by atoms with Crippen molar-refractivity contribution in [2.75, 3.05) is 18.0 Å². The average Bonchev–Trinajstić information content (AvgIpc) is 2.99. The summed E-state index contributed by atoms with van der Waals surface area (Å²) in [5.41, 5.74) is 1.20. The lowest BCUT2D eigenvalue weighted by molar-refractivity contribution is 0.730. The van der Waals surface area contributed by atoms with Gasteiger partial charge < -0.3 is 4.90 Å². The van der Waals surface area contributed by atoms with Crippen LogP contribution in [-0.4, -0.2) is 18.1 Å². The van der Waals surface area contributed by atoms with Crippen molar-refractivity contribution in [1.82, 2.24) is 4.98 Å². The van der Waals surface area contributed by atoms with Crippen LogP contribution in [0.25, 0.3) is 0 Å². The van der Waals surface area contributed by atoms with Gasteiger partial charge in [0, 0.05) is 19.3 Å². The van der Waals surface area contributed by atoms with Crippen molar-refractivity contribution in [3.8, 4) is 0 Å². The van der Waals surface area contributed by atoms with Crippen LogP contribution in [0.5, 0.6) is 0 Å². The number of nitrogens with zero attached hydrogens (tertiary/aromatic N) is 2. The van der Waals surface area contributed by atoms with E-state index in [4.69, 9.17) is 0 Å². The summed E-state index contributed by atoms with van der Waals surface area (Å²) in [6, 6.07) is 2.14. The van der Waals surface area contributed by atoms with E-state index in [0.29, 0.717) is 0 Å². The molecule has 3 heteroatoms. The zero-order valence-electron chi connectivity index (χ0n) is 9.33. The molecule has 0 aromatic carbocycles. The topological polar surface area (TPSA) is 16.1 Å². The Morgan fingerprint density at radius 2 is 2.27 bits per heavy atom. The van der Waals surface area contributed by atoms with E-state index in [-0.39, 0.29) is 0 Å². The zero-order valence-corrected chi connectivity index (χ0v) is 10.9. The van der Waals surface area contributed by atoms with E-state index >= 15 is 0 Å². The molecule has 1 aromatic heterocycles. The first-order chi connectivity index (χ1) is 7.20. The second-order valence-corrected chi connectivity index (χ2v) is 5.15. The third-order valence-electron chi connectivity index (χ3n) is 2.82. The summed E-state index contributed by atoms with van der Waals surface area (Å²) in [5, 5.41) is 0. The Labute approximate surface area is 99.8 Å². The van der Waals surface area contributed by atoms with Crippen LogP contribution in [0.2, 0.25) is 0 Å². The number of hydrogen-bond acceptors (Lipinski definition) is 2. The van der Waals surface area contributed by atoms with Gasteiger partial charge in [0.2, 0.25) is 0 Å². The fourth-order valence-electron chi connectivity index (χ4n) is 1.74. The van der Waals surface area contributed by atoms with Gasteiger partial charge in [-0.25, -0.2) is 4.98 Å². The summed E-state index contributed by atoms with van der Waals surface area (Å²) in [4.78, 5) is 6.87. The lowest BCUT2D eigenvalue weighted by Crippen LogP contribution is -2.26. The SMILES string of the molecule is CCN(CC1CC1)c1ncc(C)cc1Br. The van der Waals surface area contributed by atoms with E-state index < -0.39 is 0 Å². The number of pyridine rings is 1. The molecule has 0 N–H and O–H groups in total. The Kier molecular flexibility index (Phi) is 3.29. The maximum atomic E-state index is 4.51. The Morgan fingerprint density at radius 3 is 2.80 bits per heavy atom. The van der Waals surface area contributed by atoms with Crippen molar-refractivity contribution in [1.29, 1.82) is 0 Å². The largest absolute Gasteiger partial charge is 0.356 e. The third kappa shape index (κ3) is 2.71. The molecular formula is C12H17BrN2. The molecule has 82 valence electrons. The average molecular weight is 269 g/mol. The number of hydrogen-bond donors (Lipinski definition) is 0. The summed E-state index contributed by atoms with van der Waals surface area (Å²) in [6.07, 6.45) is 4.72. The molecule has 0 amide bonds. The number of anilines is 1. The van der Waals surface area contributed by atoms with E-state index in [1.807, 2.05) is 6.20 Å². The van der Waals surface area contributed by atoms with Crippen LogP contribution in [0.3, 0.4) is 0 Å². The monoisotopic (exact) mass is 268 g/mol. The molecule has 1 aliphatic carbocycles. The van der Waals surface area contributed by atoms with Crippen molar-refractivity contribution < 1.29 is 0 Å². The Balaban J connectivity index is 2.16.